The molecule has 0 radical (unpaired) electrons. The summed E-state index contributed by atoms with van der Waals surface area (Å²) >= 11 is 0. The van der Waals surface area contributed by atoms with Crippen LogP contribution in [0.4, 0.5) is 0 Å². The highest BCUT2D eigenvalue weighted by Gasteiger charge is 2.73. The second-order valence-electron chi connectivity index (χ2n) is 9.71. The van der Waals surface area contributed by atoms with Crippen LogP contribution in [0.15, 0.2) is 0 Å². The summed E-state index contributed by atoms with van der Waals surface area (Å²) in [6.07, 6.45) is 10.00. The first kappa shape index (κ1) is 13.3. The zero-order chi connectivity index (χ0) is 14.4. The fourth-order valence-electron chi connectivity index (χ4n) is 7.81. The fourth-order valence-corrected chi connectivity index (χ4v) is 7.81. The van der Waals surface area contributed by atoms with Gasteiger partial charge >= 0.3 is 0 Å². The van der Waals surface area contributed by atoms with Crippen LogP contribution < -0.4 is 0 Å². The molecule has 0 amide bonds. The van der Waals surface area contributed by atoms with E-state index < -0.39 is 0 Å². The molecule has 0 bridgehead atoms. The van der Waals surface area contributed by atoms with Gasteiger partial charge in [0.25, 0.3) is 0 Å². The normalized spacial score (nSPS) is 56.5. The molecule has 0 aromatic carbocycles. The first-order valence-corrected chi connectivity index (χ1v) is 8.79. The summed E-state index contributed by atoms with van der Waals surface area (Å²) < 4.78 is 0. The van der Waals surface area contributed by atoms with Crippen LogP contribution in [0, 0.1) is 33.5 Å². The van der Waals surface area contributed by atoms with Crippen molar-refractivity contribution in [2.75, 3.05) is 0 Å². The van der Waals surface area contributed by atoms with Crippen LogP contribution in [0.3, 0.4) is 0 Å². The molecule has 0 aliphatic heterocycles. The van der Waals surface area contributed by atoms with Crippen molar-refractivity contribution in [3.8, 4) is 0 Å². The zero-order valence-corrected chi connectivity index (χ0v) is 13.7. The summed E-state index contributed by atoms with van der Waals surface area (Å²) in [7, 11) is 0. The molecule has 0 aromatic rings. The highest BCUT2D eigenvalue weighted by Crippen LogP contribution is 2.79. The Kier molecular flexibility index (Phi) is 2.35. The molecule has 1 heteroatoms. The number of ketones is 1. The molecule has 4 rings (SSSR count). The quantitative estimate of drug-likeness (QED) is 0.608. The van der Waals surface area contributed by atoms with Gasteiger partial charge in [-0.1, -0.05) is 27.7 Å². The van der Waals surface area contributed by atoms with E-state index >= 15 is 0 Å². The average Bonchev–Trinajstić information content (AvgIpc) is 2.86. The van der Waals surface area contributed by atoms with Gasteiger partial charge in [0.15, 0.2) is 0 Å². The van der Waals surface area contributed by atoms with E-state index in [0.717, 1.165) is 24.7 Å². The van der Waals surface area contributed by atoms with Crippen LogP contribution in [0.5, 0.6) is 0 Å². The topological polar surface area (TPSA) is 17.1 Å². The van der Waals surface area contributed by atoms with Gasteiger partial charge in [0.2, 0.25) is 0 Å². The molecule has 4 fully saturated rings. The highest BCUT2D eigenvalue weighted by atomic mass is 16.1. The molecule has 20 heavy (non-hydrogen) atoms. The van der Waals surface area contributed by atoms with E-state index in [1.165, 1.54) is 38.5 Å². The molecule has 0 aromatic heterocycles. The third kappa shape index (κ3) is 1.25. The SMILES string of the molecule is CC1(C)CC[C@@]2(C)C[C@]34CCCC(=O)[C@@]3(C)CC[C@@H]4[C@@H]12. The summed E-state index contributed by atoms with van der Waals surface area (Å²) in [4.78, 5) is 12.7. The molecular weight excluding hydrogens is 244 g/mol. The van der Waals surface area contributed by atoms with E-state index in [0.29, 0.717) is 22.0 Å². The first-order chi connectivity index (χ1) is 9.25. The first-order valence-electron chi connectivity index (χ1n) is 8.79. The Bertz CT molecular complexity index is 478. The van der Waals surface area contributed by atoms with Crippen LogP contribution in [0.1, 0.15) is 79.1 Å². The lowest BCUT2D eigenvalue weighted by atomic mass is 9.54. The lowest BCUT2D eigenvalue weighted by molar-refractivity contribution is -0.140. The number of hydrogen-bond acceptors (Lipinski definition) is 1. The molecule has 5 atom stereocenters. The third-order valence-corrected chi connectivity index (χ3v) is 8.46. The number of hydrogen-bond donors (Lipinski definition) is 0. The Morgan fingerprint density at radius 2 is 1.75 bits per heavy atom. The van der Waals surface area contributed by atoms with E-state index in [-0.39, 0.29) is 5.41 Å². The minimum absolute atomic E-state index is 0.0271. The van der Waals surface area contributed by atoms with Crippen molar-refractivity contribution in [2.24, 2.45) is 33.5 Å². The van der Waals surface area contributed by atoms with Gasteiger partial charge in [0.05, 0.1) is 0 Å². The second-order valence-corrected chi connectivity index (χ2v) is 9.71. The molecule has 4 aliphatic rings. The Hall–Kier alpha value is -0.330. The third-order valence-electron chi connectivity index (χ3n) is 8.46. The van der Waals surface area contributed by atoms with E-state index in [1.807, 2.05) is 0 Å². The minimum atomic E-state index is 0.0271. The molecule has 0 saturated heterocycles. The van der Waals surface area contributed by atoms with Gasteiger partial charge in [0.1, 0.15) is 5.78 Å². The van der Waals surface area contributed by atoms with Gasteiger partial charge in [-0.3, -0.25) is 4.79 Å². The van der Waals surface area contributed by atoms with Crippen LogP contribution in [0.25, 0.3) is 0 Å². The maximum atomic E-state index is 12.7. The van der Waals surface area contributed by atoms with E-state index in [4.69, 9.17) is 0 Å². The van der Waals surface area contributed by atoms with Gasteiger partial charge in [-0.05, 0) is 73.0 Å². The molecule has 1 spiro atoms. The van der Waals surface area contributed by atoms with Crippen molar-refractivity contribution in [3.05, 3.63) is 0 Å². The average molecular weight is 274 g/mol. The van der Waals surface area contributed by atoms with Gasteiger partial charge < -0.3 is 0 Å². The monoisotopic (exact) mass is 274 g/mol. The summed E-state index contributed by atoms with van der Waals surface area (Å²) in [5.41, 5.74) is 1.42. The van der Waals surface area contributed by atoms with Crippen molar-refractivity contribution in [3.63, 3.8) is 0 Å². The van der Waals surface area contributed by atoms with Gasteiger partial charge in [-0.2, -0.15) is 0 Å². The molecule has 0 heterocycles. The molecule has 112 valence electrons. The Morgan fingerprint density at radius 1 is 1.00 bits per heavy atom. The van der Waals surface area contributed by atoms with E-state index in [2.05, 4.69) is 27.7 Å². The van der Waals surface area contributed by atoms with Crippen LogP contribution in [0.2, 0.25) is 0 Å². The van der Waals surface area contributed by atoms with Gasteiger partial charge in [-0.15, -0.1) is 0 Å². The predicted molar refractivity (Wildman–Crippen MR) is 81.4 cm³/mol. The van der Waals surface area contributed by atoms with E-state index in [9.17, 15) is 4.79 Å². The maximum absolute atomic E-state index is 12.7. The van der Waals surface area contributed by atoms with Crippen molar-refractivity contribution in [2.45, 2.75) is 79.1 Å². The lowest BCUT2D eigenvalue weighted by Crippen LogP contribution is -2.47. The van der Waals surface area contributed by atoms with Crippen molar-refractivity contribution >= 4 is 5.78 Å². The number of fused-ring (bicyclic) bond motifs is 2. The van der Waals surface area contributed by atoms with Crippen LogP contribution in [-0.4, -0.2) is 5.78 Å². The number of Topliss-reactive ketones (excluding diaryl/α,β-unsaturated/α-hetero) is 1. The number of rotatable bonds is 0. The smallest absolute Gasteiger partial charge is 0.139 e. The summed E-state index contributed by atoms with van der Waals surface area (Å²) in [6.45, 7) is 9.90. The van der Waals surface area contributed by atoms with Crippen molar-refractivity contribution < 1.29 is 4.79 Å². The largest absolute Gasteiger partial charge is 0.299 e. The predicted octanol–water partition coefficient (Wildman–Crippen LogP) is 4.99. The summed E-state index contributed by atoms with van der Waals surface area (Å²) in [6, 6.07) is 0. The number of carbonyl (C=O) groups excluding carboxylic acids is 1. The maximum Gasteiger partial charge on any atom is 0.139 e. The molecule has 0 N–H and O–H groups in total. The van der Waals surface area contributed by atoms with Gasteiger partial charge in [0, 0.05) is 11.8 Å². The Morgan fingerprint density at radius 3 is 2.50 bits per heavy atom. The van der Waals surface area contributed by atoms with Gasteiger partial charge in [-0.25, -0.2) is 0 Å². The molecule has 1 nitrogen and oxygen atoms in total. The second kappa shape index (κ2) is 3.52. The molecule has 4 saturated carbocycles. The van der Waals surface area contributed by atoms with Crippen molar-refractivity contribution in [1.29, 1.82) is 0 Å². The number of carbonyl (C=O) groups is 1. The summed E-state index contributed by atoms with van der Waals surface area (Å²) in [5.74, 6) is 2.30. The lowest BCUT2D eigenvalue weighted by Gasteiger charge is -2.48. The fraction of sp³-hybridized carbons (Fsp3) is 0.947. The molecule has 4 aliphatic carbocycles. The molecule has 0 unspecified atom stereocenters. The molecular formula is C19H30O. The standard InChI is InChI=1S/C19H30O/c1-16(2)10-11-17(3)12-19-8-5-6-14(20)18(19,4)9-7-13(19)15(16)17/h13,15H,5-12H2,1-4H3/t13-,15+,17+,18-,19+/m1/s1. The zero-order valence-electron chi connectivity index (χ0n) is 13.7. The van der Waals surface area contributed by atoms with Crippen LogP contribution >= 0.6 is 0 Å². The summed E-state index contributed by atoms with van der Waals surface area (Å²) in [5, 5.41) is 0. The Balaban J connectivity index is 1.84. The Labute approximate surface area is 123 Å². The van der Waals surface area contributed by atoms with Crippen LogP contribution in [-0.2, 0) is 4.79 Å². The van der Waals surface area contributed by atoms with E-state index in [1.54, 1.807) is 0 Å². The minimum Gasteiger partial charge on any atom is -0.299 e. The highest BCUT2D eigenvalue weighted by molar-refractivity contribution is 5.87. The van der Waals surface area contributed by atoms with Crippen molar-refractivity contribution in [1.82, 2.24) is 0 Å².